The van der Waals surface area contributed by atoms with E-state index in [1.54, 1.807) is 18.2 Å². The topological polar surface area (TPSA) is 107 Å². The average molecular weight is 360 g/mol. The first kappa shape index (κ1) is 19.0. The predicted molar refractivity (Wildman–Crippen MR) is 93.9 cm³/mol. The molecule has 0 spiro atoms. The number of hydrogen-bond acceptors (Lipinski definition) is 6. The van der Waals surface area contributed by atoms with E-state index in [0.29, 0.717) is 22.7 Å². The number of esters is 1. The molecule has 0 bridgehead atoms. The van der Waals surface area contributed by atoms with Crippen LogP contribution in [0.1, 0.15) is 34.7 Å². The van der Waals surface area contributed by atoms with Gasteiger partial charge in [-0.1, -0.05) is 0 Å². The number of aromatic nitrogens is 1. The van der Waals surface area contributed by atoms with E-state index >= 15 is 0 Å². The molecule has 1 aromatic carbocycles. The van der Waals surface area contributed by atoms with E-state index in [2.05, 4.69) is 10.3 Å². The van der Waals surface area contributed by atoms with Crippen LogP contribution in [0.5, 0.6) is 11.5 Å². The maximum atomic E-state index is 12.2. The Kier molecular flexibility index (Phi) is 6.00. The molecule has 0 saturated carbocycles. The second kappa shape index (κ2) is 8.19. The quantitative estimate of drug-likeness (QED) is 0.580. The van der Waals surface area contributed by atoms with E-state index < -0.39 is 18.0 Å². The highest BCUT2D eigenvalue weighted by atomic mass is 16.5. The van der Waals surface area contributed by atoms with E-state index in [0.717, 1.165) is 0 Å². The number of H-pyrrole nitrogens is 1. The zero-order valence-electron chi connectivity index (χ0n) is 14.9. The fourth-order valence-corrected chi connectivity index (χ4v) is 2.15. The number of nitrogens with one attached hydrogen (secondary N) is 2. The fourth-order valence-electron chi connectivity index (χ4n) is 2.15. The summed E-state index contributed by atoms with van der Waals surface area (Å²) < 4.78 is 15.4. The zero-order valence-corrected chi connectivity index (χ0v) is 14.9. The Morgan fingerprint density at radius 3 is 2.35 bits per heavy atom. The molecular formula is C18H20N2O6. The van der Waals surface area contributed by atoms with Crippen molar-refractivity contribution in [2.45, 2.75) is 20.0 Å². The van der Waals surface area contributed by atoms with Gasteiger partial charge in [0.15, 0.2) is 23.4 Å². The molecule has 1 aromatic heterocycles. The van der Waals surface area contributed by atoms with Gasteiger partial charge in [0.05, 0.1) is 14.2 Å². The summed E-state index contributed by atoms with van der Waals surface area (Å²) in [5.41, 5.74) is 0.926. The normalized spacial score (nSPS) is 11.4. The van der Waals surface area contributed by atoms with Crippen molar-refractivity contribution in [2.24, 2.45) is 0 Å². The zero-order chi connectivity index (χ0) is 19.3. The summed E-state index contributed by atoms with van der Waals surface area (Å²) >= 11 is 0. The summed E-state index contributed by atoms with van der Waals surface area (Å²) in [5.74, 6) is -0.438. The molecule has 26 heavy (non-hydrogen) atoms. The molecule has 2 N–H and O–H groups in total. The van der Waals surface area contributed by atoms with Crippen molar-refractivity contribution in [2.75, 3.05) is 19.5 Å². The van der Waals surface area contributed by atoms with E-state index in [1.807, 2.05) is 0 Å². The molecule has 8 nitrogen and oxygen atoms in total. The smallest absolute Gasteiger partial charge is 0.355 e. The van der Waals surface area contributed by atoms with E-state index in [-0.39, 0.29) is 11.5 Å². The van der Waals surface area contributed by atoms with Crippen LogP contribution < -0.4 is 14.8 Å². The van der Waals surface area contributed by atoms with Crippen LogP contribution in [0.25, 0.3) is 0 Å². The van der Waals surface area contributed by atoms with Gasteiger partial charge in [0.1, 0.15) is 5.69 Å². The lowest BCUT2D eigenvalue weighted by Crippen LogP contribution is -2.30. The molecule has 2 rings (SSSR count). The summed E-state index contributed by atoms with van der Waals surface area (Å²) in [4.78, 5) is 38.2. The fraction of sp³-hybridized carbons (Fsp3) is 0.278. The summed E-state index contributed by atoms with van der Waals surface area (Å²) in [6.45, 7) is 2.83. The maximum Gasteiger partial charge on any atom is 0.355 e. The van der Waals surface area contributed by atoms with Crippen LogP contribution in [0.2, 0.25) is 0 Å². The number of carbonyl (C=O) groups excluding carboxylic acids is 3. The lowest BCUT2D eigenvalue weighted by Gasteiger charge is -2.14. The lowest BCUT2D eigenvalue weighted by molar-refractivity contribution is -0.123. The van der Waals surface area contributed by atoms with E-state index in [4.69, 9.17) is 14.2 Å². The van der Waals surface area contributed by atoms with Gasteiger partial charge in [-0.15, -0.1) is 0 Å². The van der Waals surface area contributed by atoms with Crippen molar-refractivity contribution in [3.8, 4) is 11.5 Å². The molecule has 0 aliphatic rings. The predicted octanol–water partition coefficient (Wildman–Crippen LogP) is 2.42. The van der Waals surface area contributed by atoms with Gasteiger partial charge < -0.3 is 24.5 Å². The molecule has 0 radical (unpaired) electrons. The molecular weight excluding hydrogens is 340 g/mol. The maximum absolute atomic E-state index is 12.2. The summed E-state index contributed by atoms with van der Waals surface area (Å²) in [7, 11) is 3.00. The van der Waals surface area contributed by atoms with Gasteiger partial charge in [-0.05, 0) is 32.0 Å². The number of hydrogen-bond donors (Lipinski definition) is 2. The third kappa shape index (κ3) is 4.41. The Morgan fingerprint density at radius 1 is 1.08 bits per heavy atom. The number of ketones is 1. The second-order valence-corrected chi connectivity index (χ2v) is 5.46. The van der Waals surface area contributed by atoms with E-state index in [1.165, 1.54) is 40.3 Å². The van der Waals surface area contributed by atoms with Crippen LogP contribution in [0.3, 0.4) is 0 Å². The molecule has 0 unspecified atom stereocenters. The summed E-state index contributed by atoms with van der Waals surface area (Å²) in [6.07, 6.45) is 0.368. The number of ether oxygens (including phenoxy) is 3. The van der Waals surface area contributed by atoms with Crippen LogP contribution in [0.15, 0.2) is 30.5 Å². The van der Waals surface area contributed by atoms with Crippen molar-refractivity contribution in [1.29, 1.82) is 0 Å². The van der Waals surface area contributed by atoms with Crippen LogP contribution in [-0.2, 0) is 9.53 Å². The van der Waals surface area contributed by atoms with Gasteiger partial charge in [-0.3, -0.25) is 9.59 Å². The van der Waals surface area contributed by atoms with Gasteiger partial charge in [0.25, 0.3) is 5.91 Å². The van der Waals surface area contributed by atoms with Crippen molar-refractivity contribution >= 4 is 23.3 Å². The Labute approximate surface area is 150 Å². The number of Topliss-reactive ketones (excluding diaryl/α,β-unsaturated/α-hetero) is 1. The number of benzene rings is 1. The first-order chi connectivity index (χ1) is 12.3. The van der Waals surface area contributed by atoms with Crippen LogP contribution in [-0.4, -0.2) is 43.0 Å². The molecule has 0 aliphatic carbocycles. The standard InChI is InChI=1S/C18H20N2O6/c1-10(21)12-7-14(19-9-12)18(23)26-11(2)17(22)20-13-5-6-15(24-3)16(8-13)25-4/h5-9,11,19H,1-4H3,(H,20,22)/t11-/m0/s1. The van der Waals surface area contributed by atoms with Gasteiger partial charge >= 0.3 is 5.97 Å². The van der Waals surface area contributed by atoms with Crippen LogP contribution >= 0.6 is 0 Å². The molecule has 0 aliphatic heterocycles. The lowest BCUT2D eigenvalue weighted by atomic mass is 10.2. The average Bonchev–Trinajstić information content (AvgIpc) is 3.12. The van der Waals surface area contributed by atoms with Crippen LogP contribution in [0.4, 0.5) is 5.69 Å². The highest BCUT2D eigenvalue weighted by Gasteiger charge is 2.21. The van der Waals surface area contributed by atoms with Crippen molar-refractivity contribution in [3.63, 3.8) is 0 Å². The highest BCUT2D eigenvalue weighted by molar-refractivity contribution is 5.99. The van der Waals surface area contributed by atoms with Crippen molar-refractivity contribution in [3.05, 3.63) is 41.7 Å². The molecule has 0 saturated heterocycles. The number of amides is 1. The number of anilines is 1. The minimum Gasteiger partial charge on any atom is -0.493 e. The molecule has 138 valence electrons. The number of carbonyl (C=O) groups is 3. The second-order valence-electron chi connectivity index (χ2n) is 5.46. The molecule has 1 amide bonds. The van der Waals surface area contributed by atoms with Gasteiger partial charge in [0.2, 0.25) is 0 Å². The Bertz CT molecular complexity index is 827. The van der Waals surface area contributed by atoms with E-state index in [9.17, 15) is 14.4 Å². The van der Waals surface area contributed by atoms with Gasteiger partial charge in [-0.2, -0.15) is 0 Å². The first-order valence-corrected chi connectivity index (χ1v) is 7.79. The molecule has 8 heteroatoms. The summed E-state index contributed by atoms with van der Waals surface area (Å²) in [6, 6.07) is 6.25. The number of aromatic amines is 1. The van der Waals surface area contributed by atoms with Gasteiger partial charge in [0, 0.05) is 23.5 Å². The van der Waals surface area contributed by atoms with Gasteiger partial charge in [-0.25, -0.2) is 4.79 Å². The SMILES string of the molecule is COc1ccc(NC(=O)[C@H](C)OC(=O)c2cc(C(C)=O)c[nH]2)cc1OC. The first-order valence-electron chi connectivity index (χ1n) is 7.79. The number of methoxy groups -OCH3 is 2. The molecule has 1 atom stereocenters. The van der Waals surface area contributed by atoms with Crippen molar-refractivity contribution < 1.29 is 28.6 Å². The Morgan fingerprint density at radius 2 is 1.77 bits per heavy atom. The molecule has 2 aromatic rings. The Balaban J connectivity index is 2.00. The van der Waals surface area contributed by atoms with Crippen molar-refractivity contribution in [1.82, 2.24) is 4.98 Å². The minimum absolute atomic E-state index is 0.0981. The third-order valence-corrected chi connectivity index (χ3v) is 3.61. The molecule has 0 fully saturated rings. The van der Waals surface area contributed by atoms with Crippen LogP contribution in [0, 0.1) is 0 Å². The number of rotatable bonds is 7. The summed E-state index contributed by atoms with van der Waals surface area (Å²) in [5, 5.41) is 2.63. The largest absolute Gasteiger partial charge is 0.493 e. The minimum atomic E-state index is -1.04. The Hall–Kier alpha value is -3.29. The highest BCUT2D eigenvalue weighted by Crippen LogP contribution is 2.29. The monoisotopic (exact) mass is 360 g/mol. The molecule has 1 heterocycles. The third-order valence-electron chi connectivity index (χ3n) is 3.61.